The largest absolute Gasteiger partial charge is 0.426 e. The van der Waals surface area contributed by atoms with Crippen LogP contribution < -0.4 is 9.47 Å². The predicted octanol–water partition coefficient (Wildman–Crippen LogP) is 5.26. The zero-order valence-corrected chi connectivity index (χ0v) is 16.6. The number of benzene rings is 2. The minimum absolute atomic E-state index is 0.154. The minimum atomic E-state index is -0.206. The predicted molar refractivity (Wildman–Crippen MR) is 108 cm³/mol. The maximum atomic E-state index is 12.4. The van der Waals surface area contributed by atoms with E-state index >= 15 is 0 Å². The van der Waals surface area contributed by atoms with Crippen molar-refractivity contribution in [3.8, 4) is 11.5 Å². The van der Waals surface area contributed by atoms with Crippen LogP contribution in [-0.2, 0) is 16.0 Å². The van der Waals surface area contributed by atoms with Gasteiger partial charge in [0.25, 0.3) is 0 Å². The molecule has 0 spiro atoms. The number of hydrogen-bond donors (Lipinski definition) is 0. The topological polar surface area (TPSA) is 52.6 Å². The summed E-state index contributed by atoms with van der Waals surface area (Å²) in [7, 11) is 0. The molecule has 3 rings (SSSR count). The molecule has 0 N–H and O–H groups in total. The molecule has 1 aliphatic carbocycles. The van der Waals surface area contributed by atoms with E-state index in [1.807, 2.05) is 55.5 Å². The lowest BCUT2D eigenvalue weighted by molar-refractivity contribution is -0.145. The molecule has 0 bridgehead atoms. The molecular weight excluding hydrogens is 352 g/mol. The van der Waals surface area contributed by atoms with Gasteiger partial charge in [0.15, 0.2) is 0 Å². The summed E-state index contributed by atoms with van der Waals surface area (Å²) in [4.78, 5) is 24.8. The van der Waals surface area contributed by atoms with Crippen molar-refractivity contribution in [2.45, 2.75) is 52.4 Å². The second-order valence-electron chi connectivity index (χ2n) is 7.60. The maximum absolute atomic E-state index is 12.4. The summed E-state index contributed by atoms with van der Waals surface area (Å²) >= 11 is 0. The summed E-state index contributed by atoms with van der Waals surface area (Å²) in [6.45, 7) is 4.13. The number of esters is 2. The second kappa shape index (κ2) is 9.54. The van der Waals surface area contributed by atoms with Crippen LogP contribution in [-0.4, -0.2) is 11.9 Å². The fraction of sp³-hybridized carbons (Fsp3) is 0.417. The van der Waals surface area contributed by atoms with Crippen molar-refractivity contribution in [1.29, 1.82) is 0 Å². The molecule has 1 aliphatic rings. The number of carbonyl (C=O) groups is 2. The Morgan fingerprint density at radius 2 is 1.21 bits per heavy atom. The van der Waals surface area contributed by atoms with E-state index in [9.17, 15) is 9.59 Å². The molecule has 1 fully saturated rings. The lowest BCUT2D eigenvalue weighted by atomic mass is 9.82. The minimum Gasteiger partial charge on any atom is -0.426 e. The van der Waals surface area contributed by atoms with Crippen LogP contribution in [0.1, 0.15) is 50.2 Å². The number of ether oxygens (including phenoxy) is 2. The molecule has 4 nitrogen and oxygen atoms in total. The van der Waals surface area contributed by atoms with Gasteiger partial charge in [-0.1, -0.05) is 43.2 Å². The Hall–Kier alpha value is -2.62. The third kappa shape index (κ3) is 5.44. The lowest BCUT2D eigenvalue weighted by Gasteiger charge is -2.25. The first-order chi connectivity index (χ1) is 13.5. The Labute approximate surface area is 166 Å². The summed E-state index contributed by atoms with van der Waals surface area (Å²) in [5, 5.41) is 0. The Kier molecular flexibility index (Phi) is 6.85. The van der Waals surface area contributed by atoms with Crippen LogP contribution >= 0.6 is 0 Å². The zero-order chi connectivity index (χ0) is 19.9. The number of aryl methyl sites for hydroxylation is 2. The van der Waals surface area contributed by atoms with Gasteiger partial charge >= 0.3 is 11.9 Å². The van der Waals surface area contributed by atoms with E-state index in [4.69, 9.17) is 9.47 Å². The van der Waals surface area contributed by atoms with Gasteiger partial charge in [-0.25, -0.2) is 0 Å². The van der Waals surface area contributed by atoms with Gasteiger partial charge in [0.05, 0.1) is 11.8 Å². The molecule has 0 aliphatic heterocycles. The fourth-order valence-corrected chi connectivity index (χ4v) is 3.58. The van der Waals surface area contributed by atoms with Crippen molar-refractivity contribution >= 4 is 11.9 Å². The molecule has 0 amide bonds. The molecule has 28 heavy (non-hydrogen) atoms. The van der Waals surface area contributed by atoms with Crippen molar-refractivity contribution in [1.82, 2.24) is 0 Å². The zero-order valence-electron chi connectivity index (χ0n) is 16.6. The number of hydrogen-bond acceptors (Lipinski definition) is 4. The molecule has 4 heteroatoms. The van der Waals surface area contributed by atoms with Gasteiger partial charge in [-0.2, -0.15) is 0 Å². The van der Waals surface area contributed by atoms with E-state index < -0.39 is 0 Å². The summed E-state index contributed by atoms with van der Waals surface area (Å²) in [6, 6.07) is 15.2. The van der Waals surface area contributed by atoms with E-state index in [0.717, 1.165) is 18.4 Å². The third-order valence-corrected chi connectivity index (χ3v) is 5.31. The lowest BCUT2D eigenvalue weighted by Crippen LogP contribution is -2.30. The van der Waals surface area contributed by atoms with Crippen LogP contribution in [0.15, 0.2) is 48.5 Å². The molecule has 2 aromatic rings. The monoisotopic (exact) mass is 380 g/mol. The highest BCUT2D eigenvalue weighted by atomic mass is 16.5. The van der Waals surface area contributed by atoms with Crippen molar-refractivity contribution in [3.05, 3.63) is 59.7 Å². The Balaban J connectivity index is 1.46. The molecular formula is C24H28O4. The van der Waals surface area contributed by atoms with Crippen LogP contribution in [0.25, 0.3) is 0 Å². The van der Waals surface area contributed by atoms with Crippen molar-refractivity contribution < 1.29 is 19.1 Å². The first-order valence-electron chi connectivity index (χ1n) is 10.1. The molecule has 1 saturated carbocycles. The average Bonchev–Trinajstić information content (AvgIpc) is 2.71. The van der Waals surface area contributed by atoms with Gasteiger partial charge in [0.1, 0.15) is 11.5 Å². The van der Waals surface area contributed by atoms with E-state index in [1.165, 1.54) is 5.56 Å². The first kappa shape index (κ1) is 20.1. The van der Waals surface area contributed by atoms with Gasteiger partial charge in [-0.15, -0.1) is 0 Å². The summed E-state index contributed by atoms with van der Waals surface area (Å²) < 4.78 is 11.0. The molecule has 0 radical (unpaired) electrons. The first-order valence-corrected chi connectivity index (χ1v) is 10.1. The molecule has 0 saturated heterocycles. The fourth-order valence-electron chi connectivity index (χ4n) is 3.58. The molecule has 0 unspecified atom stereocenters. The molecule has 2 aromatic carbocycles. The van der Waals surface area contributed by atoms with E-state index in [2.05, 4.69) is 6.92 Å². The van der Waals surface area contributed by atoms with Gasteiger partial charge in [-0.3, -0.25) is 9.59 Å². The van der Waals surface area contributed by atoms with Crippen LogP contribution in [0.2, 0.25) is 0 Å². The van der Waals surface area contributed by atoms with Crippen LogP contribution in [0, 0.1) is 18.8 Å². The molecule has 0 heterocycles. The van der Waals surface area contributed by atoms with Crippen LogP contribution in [0.5, 0.6) is 11.5 Å². The Morgan fingerprint density at radius 1 is 0.786 bits per heavy atom. The van der Waals surface area contributed by atoms with Crippen LogP contribution in [0.3, 0.4) is 0 Å². The van der Waals surface area contributed by atoms with Crippen molar-refractivity contribution in [2.24, 2.45) is 11.8 Å². The third-order valence-electron chi connectivity index (χ3n) is 5.31. The Morgan fingerprint density at radius 3 is 1.64 bits per heavy atom. The molecule has 0 atom stereocenters. The highest BCUT2D eigenvalue weighted by Crippen LogP contribution is 2.31. The van der Waals surface area contributed by atoms with E-state index in [-0.39, 0.29) is 23.8 Å². The number of carbonyl (C=O) groups excluding carboxylic acids is 2. The summed E-state index contributed by atoms with van der Waals surface area (Å²) in [5.41, 5.74) is 2.37. The van der Waals surface area contributed by atoms with E-state index in [0.29, 0.717) is 37.2 Å². The van der Waals surface area contributed by atoms with Gasteiger partial charge in [0, 0.05) is 0 Å². The highest BCUT2D eigenvalue weighted by molar-refractivity contribution is 5.77. The van der Waals surface area contributed by atoms with Gasteiger partial charge < -0.3 is 9.47 Å². The normalized spacial score (nSPS) is 19.1. The standard InChI is InChI=1S/C24H28O4/c1-3-4-18-7-15-22(16-8-18)28-24(26)20-11-9-19(10-12-20)23(25)27-21-13-5-17(2)6-14-21/h5-8,13-16,19-20H,3-4,9-12H2,1-2H3. The average molecular weight is 380 g/mol. The second-order valence-corrected chi connectivity index (χ2v) is 7.60. The van der Waals surface area contributed by atoms with Crippen molar-refractivity contribution in [3.63, 3.8) is 0 Å². The molecule has 148 valence electrons. The summed E-state index contributed by atoms with van der Waals surface area (Å²) in [5.74, 6) is 0.447. The maximum Gasteiger partial charge on any atom is 0.314 e. The highest BCUT2D eigenvalue weighted by Gasteiger charge is 2.32. The summed E-state index contributed by atoms with van der Waals surface area (Å²) in [6.07, 6.45) is 4.73. The smallest absolute Gasteiger partial charge is 0.314 e. The molecule has 0 aromatic heterocycles. The van der Waals surface area contributed by atoms with Crippen molar-refractivity contribution in [2.75, 3.05) is 0 Å². The number of rotatable bonds is 6. The van der Waals surface area contributed by atoms with Crippen LogP contribution in [0.4, 0.5) is 0 Å². The quantitative estimate of drug-likeness (QED) is 0.506. The SMILES string of the molecule is CCCc1ccc(OC(=O)C2CCC(C(=O)Oc3ccc(C)cc3)CC2)cc1. The van der Waals surface area contributed by atoms with E-state index in [1.54, 1.807) is 0 Å². The van der Waals surface area contributed by atoms with Gasteiger partial charge in [0.2, 0.25) is 0 Å². The van der Waals surface area contributed by atoms with Gasteiger partial charge in [-0.05, 0) is 68.9 Å². The Bertz CT molecular complexity index is 784.